The van der Waals surface area contributed by atoms with Gasteiger partial charge < -0.3 is 25.5 Å². The lowest BCUT2D eigenvalue weighted by Gasteiger charge is -2.35. The summed E-state index contributed by atoms with van der Waals surface area (Å²) in [6.07, 6.45) is 5.64. The molecule has 0 atom stereocenters. The second-order valence-corrected chi connectivity index (χ2v) is 8.69. The van der Waals surface area contributed by atoms with Crippen molar-refractivity contribution in [3.8, 4) is 0 Å². The van der Waals surface area contributed by atoms with Crippen molar-refractivity contribution in [2.75, 3.05) is 43.6 Å². The van der Waals surface area contributed by atoms with Gasteiger partial charge in [-0.3, -0.25) is 0 Å². The molecule has 2 heterocycles. The van der Waals surface area contributed by atoms with Gasteiger partial charge >= 0.3 is 5.97 Å². The molecule has 3 rings (SSSR count). The van der Waals surface area contributed by atoms with Gasteiger partial charge in [0.1, 0.15) is 5.82 Å². The summed E-state index contributed by atoms with van der Waals surface area (Å²) in [6.45, 7) is 7.20. The molecule has 160 valence electrons. The summed E-state index contributed by atoms with van der Waals surface area (Å²) in [5, 5.41) is 21.8. The number of nitrogens with one attached hydrogen (secondary N) is 2. The van der Waals surface area contributed by atoms with Crippen molar-refractivity contribution in [2.24, 2.45) is 17.8 Å². The Hall–Kier alpha value is -2.15. The van der Waals surface area contributed by atoms with Gasteiger partial charge in [-0.2, -0.15) is 0 Å². The topological polar surface area (TPSA) is 98.5 Å². The molecule has 0 bridgehead atoms. The molecule has 1 saturated heterocycles. The number of carboxylic acids is 1. The van der Waals surface area contributed by atoms with Crippen LogP contribution in [-0.4, -0.2) is 55.1 Å². The number of hydrogen-bond acceptors (Lipinski definition) is 6. The lowest BCUT2D eigenvalue weighted by Crippen LogP contribution is -2.36. The second-order valence-electron chi connectivity index (χ2n) is 8.69. The zero-order chi connectivity index (χ0) is 21.0. The van der Waals surface area contributed by atoms with E-state index in [9.17, 15) is 9.90 Å². The zero-order valence-corrected chi connectivity index (χ0v) is 17.8. The number of aromatic carboxylic acids is 1. The zero-order valence-electron chi connectivity index (χ0n) is 17.8. The predicted molar refractivity (Wildman–Crippen MR) is 116 cm³/mol. The summed E-state index contributed by atoms with van der Waals surface area (Å²) in [5.74, 6) is 0.682. The fraction of sp³-hybridized carbons (Fsp3) is 0.682. The maximum absolute atomic E-state index is 11.8. The van der Waals surface area contributed by atoms with Crippen molar-refractivity contribution in [1.29, 1.82) is 5.41 Å². The number of anilines is 2. The highest BCUT2D eigenvalue weighted by Crippen LogP contribution is 2.34. The molecule has 1 aliphatic carbocycles. The molecule has 7 nitrogen and oxygen atoms in total. The van der Waals surface area contributed by atoms with Crippen LogP contribution in [0.4, 0.5) is 11.5 Å². The van der Waals surface area contributed by atoms with Crippen LogP contribution in [-0.2, 0) is 4.74 Å². The van der Waals surface area contributed by atoms with Crippen molar-refractivity contribution in [1.82, 2.24) is 4.98 Å². The molecule has 0 aromatic carbocycles. The van der Waals surface area contributed by atoms with Crippen LogP contribution < -0.4 is 10.2 Å². The van der Waals surface area contributed by atoms with Crippen molar-refractivity contribution in [2.45, 2.75) is 46.0 Å². The minimum absolute atomic E-state index is 0.0292. The lowest BCUT2D eigenvalue weighted by atomic mass is 9.85. The molecule has 1 aromatic rings. The van der Waals surface area contributed by atoms with Gasteiger partial charge in [0, 0.05) is 39.1 Å². The monoisotopic (exact) mass is 402 g/mol. The van der Waals surface area contributed by atoms with Gasteiger partial charge in [0.25, 0.3) is 0 Å². The van der Waals surface area contributed by atoms with Crippen molar-refractivity contribution < 1.29 is 14.6 Å². The Morgan fingerprint density at radius 3 is 2.52 bits per heavy atom. The molecular weight excluding hydrogens is 368 g/mol. The molecule has 3 N–H and O–H groups in total. The van der Waals surface area contributed by atoms with Crippen LogP contribution >= 0.6 is 0 Å². The fourth-order valence-electron chi connectivity index (χ4n) is 4.09. The largest absolute Gasteiger partial charge is 0.477 e. The number of rotatable bonds is 9. The van der Waals surface area contributed by atoms with E-state index in [1.807, 2.05) is 13.8 Å². The summed E-state index contributed by atoms with van der Waals surface area (Å²) in [7, 11) is 1.73. The minimum Gasteiger partial charge on any atom is -0.477 e. The third kappa shape index (κ3) is 5.07. The summed E-state index contributed by atoms with van der Waals surface area (Å²) in [4.78, 5) is 18.4. The summed E-state index contributed by atoms with van der Waals surface area (Å²) in [6, 6.07) is 1.65. The van der Waals surface area contributed by atoms with Crippen LogP contribution in [0.25, 0.3) is 0 Å². The highest BCUT2D eigenvalue weighted by atomic mass is 16.5. The van der Waals surface area contributed by atoms with Crippen LogP contribution in [0.5, 0.6) is 0 Å². The molecule has 0 radical (unpaired) electrons. The average Bonchev–Trinajstić information content (AvgIpc) is 2.66. The predicted octanol–water partition coefficient (Wildman–Crippen LogP) is 3.88. The number of aromatic nitrogens is 1. The Morgan fingerprint density at radius 2 is 2.00 bits per heavy atom. The first kappa shape index (κ1) is 21.6. The van der Waals surface area contributed by atoms with E-state index in [2.05, 4.69) is 15.2 Å². The molecule has 0 spiro atoms. The standard InChI is InChI=1S/C22H34N4O3/c1-14(2)20(23)19-18(26-9-7-16(8-10-26)13-29-3)11-17(22(27)28)25-21(19)24-12-15-5-4-6-15/h11,14-16,23H,4-10,12-13H2,1-3H3,(H,24,25)(H,27,28). The Kier molecular flexibility index (Phi) is 7.11. The van der Waals surface area contributed by atoms with E-state index in [0.717, 1.165) is 50.3 Å². The van der Waals surface area contributed by atoms with E-state index in [1.54, 1.807) is 13.2 Å². The normalized spacial score (nSPS) is 18.0. The molecule has 0 unspecified atom stereocenters. The molecule has 1 saturated carbocycles. The first-order valence-electron chi connectivity index (χ1n) is 10.8. The third-order valence-corrected chi connectivity index (χ3v) is 6.20. The van der Waals surface area contributed by atoms with Gasteiger partial charge in [-0.15, -0.1) is 0 Å². The van der Waals surface area contributed by atoms with Gasteiger partial charge in [0.05, 0.1) is 11.3 Å². The number of carboxylic acid groups (broad SMARTS) is 1. The van der Waals surface area contributed by atoms with E-state index < -0.39 is 5.97 Å². The number of methoxy groups -OCH3 is 1. The van der Waals surface area contributed by atoms with Crippen molar-refractivity contribution >= 4 is 23.2 Å². The summed E-state index contributed by atoms with van der Waals surface area (Å²) >= 11 is 0. The first-order valence-corrected chi connectivity index (χ1v) is 10.8. The van der Waals surface area contributed by atoms with E-state index in [-0.39, 0.29) is 11.6 Å². The molecule has 1 aliphatic heterocycles. The summed E-state index contributed by atoms with van der Waals surface area (Å²) in [5.41, 5.74) is 2.12. The molecule has 7 heteroatoms. The number of nitrogens with zero attached hydrogens (tertiary/aromatic N) is 2. The highest BCUT2D eigenvalue weighted by molar-refractivity contribution is 6.09. The van der Waals surface area contributed by atoms with E-state index in [4.69, 9.17) is 10.1 Å². The quantitative estimate of drug-likeness (QED) is 0.542. The summed E-state index contributed by atoms with van der Waals surface area (Å²) < 4.78 is 5.31. The SMILES string of the molecule is COCC1CCN(c2cc(C(=O)O)nc(NCC3CCC3)c2C(=N)C(C)C)CC1. The maximum atomic E-state index is 11.8. The van der Waals surface area contributed by atoms with Gasteiger partial charge in [-0.1, -0.05) is 20.3 Å². The number of hydrogen-bond donors (Lipinski definition) is 3. The van der Waals surface area contributed by atoms with E-state index in [1.165, 1.54) is 19.3 Å². The van der Waals surface area contributed by atoms with E-state index >= 15 is 0 Å². The van der Waals surface area contributed by atoms with Gasteiger partial charge in [-0.25, -0.2) is 9.78 Å². The molecule has 29 heavy (non-hydrogen) atoms. The number of pyridine rings is 1. The van der Waals surface area contributed by atoms with Gasteiger partial charge in [0.2, 0.25) is 0 Å². The first-order chi connectivity index (χ1) is 13.9. The Morgan fingerprint density at radius 1 is 1.31 bits per heavy atom. The smallest absolute Gasteiger partial charge is 0.354 e. The number of piperidine rings is 1. The molecular formula is C22H34N4O3. The van der Waals surface area contributed by atoms with E-state index in [0.29, 0.717) is 23.4 Å². The third-order valence-electron chi connectivity index (χ3n) is 6.20. The molecule has 2 fully saturated rings. The van der Waals surface area contributed by atoms with Gasteiger partial charge in [-0.05, 0) is 49.5 Å². The van der Waals surface area contributed by atoms with Crippen LogP contribution in [0.1, 0.15) is 62.0 Å². The van der Waals surface area contributed by atoms with Crippen molar-refractivity contribution in [3.05, 3.63) is 17.3 Å². The van der Waals surface area contributed by atoms with Crippen LogP contribution in [0.15, 0.2) is 6.07 Å². The van der Waals surface area contributed by atoms with Gasteiger partial charge in [0.15, 0.2) is 5.69 Å². The number of carbonyl (C=O) groups is 1. The lowest BCUT2D eigenvalue weighted by molar-refractivity contribution is 0.0690. The fourth-order valence-corrected chi connectivity index (χ4v) is 4.09. The van der Waals surface area contributed by atoms with Crippen molar-refractivity contribution in [3.63, 3.8) is 0 Å². The second kappa shape index (κ2) is 9.57. The number of ether oxygens (including phenoxy) is 1. The molecule has 1 aromatic heterocycles. The Bertz CT molecular complexity index is 738. The van der Waals surface area contributed by atoms with Crippen LogP contribution in [0.3, 0.4) is 0 Å². The highest BCUT2D eigenvalue weighted by Gasteiger charge is 2.28. The Labute approximate surface area is 173 Å². The minimum atomic E-state index is -1.03. The van der Waals surface area contributed by atoms with Crippen LogP contribution in [0, 0.1) is 23.2 Å². The maximum Gasteiger partial charge on any atom is 0.354 e. The molecule has 0 amide bonds. The molecule has 2 aliphatic rings. The van der Waals surface area contributed by atoms with Crippen LogP contribution in [0.2, 0.25) is 0 Å². The Balaban J connectivity index is 1.95. The average molecular weight is 403 g/mol.